The summed E-state index contributed by atoms with van der Waals surface area (Å²) in [6.07, 6.45) is 0. The van der Waals surface area contributed by atoms with E-state index in [4.69, 9.17) is 11.6 Å². The number of benzene rings is 2. The summed E-state index contributed by atoms with van der Waals surface area (Å²) in [5.74, 6) is 0. The van der Waals surface area contributed by atoms with Crippen molar-refractivity contribution < 1.29 is 0 Å². The first-order valence-electron chi connectivity index (χ1n) is 6.11. The lowest BCUT2D eigenvalue weighted by atomic mass is 10.1. The normalized spacial score (nSPS) is 10.9. The van der Waals surface area contributed by atoms with Gasteiger partial charge in [0.15, 0.2) is 0 Å². The summed E-state index contributed by atoms with van der Waals surface area (Å²) in [4.78, 5) is 3.47. The van der Waals surface area contributed by atoms with Crippen molar-refractivity contribution in [3.8, 4) is 10.4 Å². The Morgan fingerprint density at radius 3 is 2.42 bits per heavy atom. The van der Waals surface area contributed by atoms with Crippen molar-refractivity contribution in [2.24, 2.45) is 0 Å². The van der Waals surface area contributed by atoms with Gasteiger partial charge in [-0.2, -0.15) is 0 Å². The van der Waals surface area contributed by atoms with Gasteiger partial charge in [-0.15, -0.1) is 11.3 Å². The van der Waals surface area contributed by atoms with Crippen LogP contribution in [0.3, 0.4) is 0 Å². The van der Waals surface area contributed by atoms with Crippen molar-refractivity contribution in [1.82, 2.24) is 0 Å². The van der Waals surface area contributed by atoms with Crippen molar-refractivity contribution in [3.63, 3.8) is 0 Å². The number of fused-ring (bicyclic) bond motifs is 1. The van der Waals surface area contributed by atoms with Crippen LogP contribution in [-0.2, 0) is 0 Å². The summed E-state index contributed by atoms with van der Waals surface area (Å²) in [6, 6.07) is 16.6. The van der Waals surface area contributed by atoms with Gasteiger partial charge in [0.2, 0.25) is 0 Å². The molecule has 96 valence electrons. The van der Waals surface area contributed by atoms with Crippen LogP contribution in [0.15, 0.2) is 48.5 Å². The van der Waals surface area contributed by atoms with Gasteiger partial charge in [0, 0.05) is 29.2 Å². The van der Waals surface area contributed by atoms with Gasteiger partial charge in [-0.25, -0.2) is 0 Å². The minimum absolute atomic E-state index is 0.790. The molecule has 1 nitrogen and oxygen atoms in total. The summed E-state index contributed by atoms with van der Waals surface area (Å²) >= 11 is 7.89. The van der Waals surface area contributed by atoms with E-state index in [1.54, 1.807) is 11.3 Å². The molecule has 0 atom stereocenters. The largest absolute Gasteiger partial charge is 0.376 e. The Balaban J connectivity index is 2.32. The third-order valence-electron chi connectivity index (χ3n) is 3.11. The third-order valence-corrected chi connectivity index (χ3v) is 4.54. The molecule has 0 saturated carbocycles. The molecule has 0 bridgehead atoms. The zero-order valence-corrected chi connectivity index (χ0v) is 12.4. The highest BCUT2D eigenvalue weighted by atomic mass is 35.5. The molecule has 0 aliphatic heterocycles. The Kier molecular flexibility index (Phi) is 3.21. The van der Waals surface area contributed by atoms with E-state index in [1.807, 2.05) is 18.2 Å². The third kappa shape index (κ3) is 2.22. The molecule has 19 heavy (non-hydrogen) atoms. The molecular formula is C16H14ClNS. The SMILES string of the molecule is CN(C)c1c(-c2ccccc2)sc2cc(Cl)ccc12. The van der Waals surface area contributed by atoms with Crippen LogP contribution in [0.5, 0.6) is 0 Å². The van der Waals surface area contributed by atoms with Crippen LogP contribution in [0.1, 0.15) is 0 Å². The Bertz CT molecular complexity index is 716. The molecule has 3 rings (SSSR count). The predicted octanol–water partition coefficient (Wildman–Crippen LogP) is 5.29. The first-order chi connectivity index (χ1) is 9.16. The van der Waals surface area contributed by atoms with Crippen molar-refractivity contribution in [2.75, 3.05) is 19.0 Å². The maximum atomic E-state index is 6.10. The zero-order chi connectivity index (χ0) is 13.4. The number of halogens is 1. The van der Waals surface area contributed by atoms with Crippen LogP contribution in [-0.4, -0.2) is 14.1 Å². The van der Waals surface area contributed by atoms with Crippen molar-refractivity contribution in [1.29, 1.82) is 0 Å². The number of hydrogen-bond donors (Lipinski definition) is 0. The van der Waals surface area contributed by atoms with Gasteiger partial charge < -0.3 is 4.90 Å². The van der Waals surface area contributed by atoms with E-state index in [-0.39, 0.29) is 0 Å². The van der Waals surface area contributed by atoms with Crippen LogP contribution >= 0.6 is 22.9 Å². The minimum Gasteiger partial charge on any atom is -0.376 e. The van der Waals surface area contributed by atoms with Crippen LogP contribution < -0.4 is 4.90 Å². The lowest BCUT2D eigenvalue weighted by molar-refractivity contribution is 1.15. The van der Waals surface area contributed by atoms with E-state index in [9.17, 15) is 0 Å². The quantitative estimate of drug-likeness (QED) is 0.619. The molecular weight excluding hydrogens is 274 g/mol. The van der Waals surface area contributed by atoms with Gasteiger partial charge in [0.1, 0.15) is 0 Å². The monoisotopic (exact) mass is 287 g/mol. The molecule has 0 radical (unpaired) electrons. The predicted molar refractivity (Wildman–Crippen MR) is 86.6 cm³/mol. The molecule has 1 heterocycles. The average molecular weight is 288 g/mol. The smallest absolute Gasteiger partial charge is 0.0630 e. The standard InChI is InChI=1S/C16H14ClNS/c1-18(2)15-13-9-8-12(17)10-14(13)19-16(15)11-6-4-3-5-7-11/h3-10H,1-2H3. The number of hydrogen-bond acceptors (Lipinski definition) is 2. The molecule has 0 unspecified atom stereocenters. The second-order valence-corrected chi connectivity index (χ2v) is 6.17. The fraction of sp³-hybridized carbons (Fsp3) is 0.125. The summed E-state index contributed by atoms with van der Waals surface area (Å²) in [5.41, 5.74) is 2.52. The van der Waals surface area contributed by atoms with Gasteiger partial charge in [-0.1, -0.05) is 41.9 Å². The van der Waals surface area contributed by atoms with E-state index >= 15 is 0 Å². The summed E-state index contributed by atoms with van der Waals surface area (Å²) in [5, 5.41) is 2.05. The van der Waals surface area contributed by atoms with Gasteiger partial charge in [0.25, 0.3) is 0 Å². The Hall–Kier alpha value is -1.51. The van der Waals surface area contributed by atoms with Gasteiger partial charge in [-0.3, -0.25) is 0 Å². The summed E-state index contributed by atoms with van der Waals surface area (Å²) in [6.45, 7) is 0. The maximum Gasteiger partial charge on any atom is 0.0630 e. The molecule has 2 aromatic carbocycles. The van der Waals surface area contributed by atoms with E-state index in [0.29, 0.717) is 0 Å². The molecule has 0 aliphatic rings. The highest BCUT2D eigenvalue weighted by molar-refractivity contribution is 7.23. The maximum absolute atomic E-state index is 6.10. The molecule has 0 amide bonds. The number of nitrogens with zero attached hydrogens (tertiary/aromatic N) is 1. The first-order valence-corrected chi connectivity index (χ1v) is 7.31. The van der Waals surface area contributed by atoms with Crippen LogP contribution in [0.25, 0.3) is 20.5 Å². The number of thiophene rings is 1. The number of anilines is 1. The lowest BCUT2D eigenvalue weighted by Gasteiger charge is -2.14. The van der Waals surface area contributed by atoms with E-state index in [0.717, 1.165) is 5.02 Å². The fourth-order valence-corrected chi connectivity index (χ4v) is 3.85. The second kappa shape index (κ2) is 4.87. The van der Waals surface area contributed by atoms with Crippen molar-refractivity contribution in [3.05, 3.63) is 53.6 Å². The van der Waals surface area contributed by atoms with Crippen LogP contribution in [0, 0.1) is 0 Å². The highest BCUT2D eigenvalue weighted by Gasteiger charge is 2.15. The average Bonchev–Trinajstić information content (AvgIpc) is 2.78. The van der Waals surface area contributed by atoms with Gasteiger partial charge in [-0.05, 0) is 23.8 Å². The van der Waals surface area contributed by atoms with Crippen LogP contribution in [0.4, 0.5) is 5.69 Å². The van der Waals surface area contributed by atoms with Crippen LogP contribution in [0.2, 0.25) is 5.02 Å². The molecule has 0 aliphatic carbocycles. The Labute approximate surface area is 122 Å². The summed E-state index contributed by atoms with van der Waals surface area (Å²) in [7, 11) is 4.17. The molecule has 3 heteroatoms. The first kappa shape index (κ1) is 12.5. The topological polar surface area (TPSA) is 3.24 Å². The molecule has 1 aromatic heterocycles. The fourth-order valence-electron chi connectivity index (χ4n) is 2.29. The van der Waals surface area contributed by atoms with E-state index in [2.05, 4.69) is 49.3 Å². The Morgan fingerprint density at radius 1 is 1.00 bits per heavy atom. The van der Waals surface area contributed by atoms with Gasteiger partial charge >= 0.3 is 0 Å². The van der Waals surface area contributed by atoms with Crippen molar-refractivity contribution in [2.45, 2.75) is 0 Å². The highest BCUT2D eigenvalue weighted by Crippen LogP contribution is 2.44. The number of rotatable bonds is 2. The van der Waals surface area contributed by atoms with Gasteiger partial charge in [0.05, 0.1) is 10.6 Å². The van der Waals surface area contributed by atoms with E-state index < -0.39 is 0 Å². The molecule has 0 N–H and O–H groups in total. The zero-order valence-electron chi connectivity index (χ0n) is 10.9. The lowest BCUT2D eigenvalue weighted by Crippen LogP contribution is -2.08. The molecule has 0 fully saturated rings. The Morgan fingerprint density at radius 2 is 1.74 bits per heavy atom. The van der Waals surface area contributed by atoms with E-state index in [1.165, 1.54) is 26.2 Å². The molecule has 3 aromatic rings. The molecule has 0 saturated heterocycles. The van der Waals surface area contributed by atoms with Crippen molar-refractivity contribution >= 4 is 38.7 Å². The summed E-state index contributed by atoms with van der Waals surface area (Å²) < 4.78 is 1.23. The molecule has 0 spiro atoms. The second-order valence-electron chi connectivity index (χ2n) is 4.68. The minimum atomic E-state index is 0.790.